The maximum atomic E-state index is 9.33. The fraction of sp³-hybridized carbons (Fsp3) is 0.588. The Labute approximate surface area is 116 Å². The molecular weight excluding hydrogens is 232 g/mol. The van der Waals surface area contributed by atoms with Gasteiger partial charge in [-0.3, -0.25) is 0 Å². The van der Waals surface area contributed by atoms with Gasteiger partial charge in [-0.2, -0.15) is 5.26 Å². The van der Waals surface area contributed by atoms with E-state index in [0.717, 1.165) is 12.8 Å². The highest BCUT2D eigenvalue weighted by Crippen LogP contribution is 2.26. The van der Waals surface area contributed by atoms with E-state index in [1.807, 2.05) is 0 Å². The summed E-state index contributed by atoms with van der Waals surface area (Å²) >= 11 is 0. The molecule has 0 aliphatic heterocycles. The van der Waals surface area contributed by atoms with Gasteiger partial charge in [0.05, 0.1) is 12.0 Å². The quantitative estimate of drug-likeness (QED) is 0.826. The van der Waals surface area contributed by atoms with Crippen LogP contribution in [0.1, 0.15) is 56.2 Å². The van der Waals surface area contributed by atoms with Crippen molar-refractivity contribution >= 4 is 0 Å². The molecule has 0 heterocycles. The molecule has 2 nitrogen and oxygen atoms in total. The molecule has 1 aromatic rings. The minimum absolute atomic E-state index is 0.175. The summed E-state index contributed by atoms with van der Waals surface area (Å²) in [6.45, 7) is 4.37. The Hall–Kier alpha value is -1.33. The maximum Gasteiger partial charge on any atom is 0.0672 e. The molecule has 3 atom stereocenters. The number of benzene rings is 1. The molecule has 1 aromatic carbocycles. The van der Waals surface area contributed by atoms with Crippen LogP contribution < -0.4 is 5.32 Å². The largest absolute Gasteiger partial charge is 0.306 e. The first-order valence-corrected chi connectivity index (χ1v) is 7.43. The molecular formula is C17H24N2. The van der Waals surface area contributed by atoms with Gasteiger partial charge in [-0.25, -0.2) is 0 Å². The lowest BCUT2D eigenvalue weighted by Crippen LogP contribution is -2.37. The predicted octanol–water partition coefficient (Wildman–Crippen LogP) is 4.12. The van der Waals surface area contributed by atoms with Crippen LogP contribution in [0.2, 0.25) is 0 Å². The molecule has 0 amide bonds. The summed E-state index contributed by atoms with van der Waals surface area (Å²) in [7, 11) is 0. The highest BCUT2D eigenvalue weighted by molar-refractivity contribution is 5.28. The number of hydrogen-bond donors (Lipinski definition) is 1. The first-order chi connectivity index (χ1) is 9.22. The van der Waals surface area contributed by atoms with Crippen molar-refractivity contribution in [1.29, 1.82) is 5.26 Å². The highest BCUT2D eigenvalue weighted by Gasteiger charge is 2.25. The second kappa shape index (κ2) is 6.73. The van der Waals surface area contributed by atoms with Crippen LogP contribution in [0.25, 0.3) is 0 Å². The second-order valence-electron chi connectivity index (χ2n) is 5.73. The van der Waals surface area contributed by atoms with Gasteiger partial charge in [0.2, 0.25) is 0 Å². The molecule has 1 fully saturated rings. The van der Waals surface area contributed by atoms with Crippen molar-refractivity contribution in [2.45, 2.75) is 58.0 Å². The molecule has 19 heavy (non-hydrogen) atoms. The van der Waals surface area contributed by atoms with Crippen LogP contribution in [0.4, 0.5) is 0 Å². The van der Waals surface area contributed by atoms with Crippen molar-refractivity contribution in [3.05, 3.63) is 35.4 Å². The van der Waals surface area contributed by atoms with Gasteiger partial charge in [0, 0.05) is 12.1 Å². The molecule has 102 valence electrons. The Kier molecular flexibility index (Phi) is 4.99. The Balaban J connectivity index is 2.06. The molecule has 0 bridgehead atoms. The predicted molar refractivity (Wildman–Crippen MR) is 78.7 cm³/mol. The van der Waals surface area contributed by atoms with E-state index in [1.54, 1.807) is 0 Å². The van der Waals surface area contributed by atoms with Crippen LogP contribution in [0.15, 0.2) is 24.3 Å². The zero-order valence-corrected chi connectivity index (χ0v) is 12.0. The Morgan fingerprint density at radius 1 is 1.21 bits per heavy atom. The number of nitrogens with zero attached hydrogens (tertiary/aromatic N) is 1. The molecule has 1 N–H and O–H groups in total. The van der Waals surface area contributed by atoms with Gasteiger partial charge in [-0.05, 0) is 37.8 Å². The Bertz CT molecular complexity index is 447. The minimum Gasteiger partial charge on any atom is -0.306 e. The third-order valence-electron chi connectivity index (χ3n) is 4.30. The zero-order valence-electron chi connectivity index (χ0n) is 12.0. The summed E-state index contributed by atoms with van der Waals surface area (Å²) in [6.07, 6.45) is 5.91. The summed E-state index contributed by atoms with van der Waals surface area (Å²) in [4.78, 5) is 0. The van der Waals surface area contributed by atoms with E-state index < -0.39 is 0 Å². The summed E-state index contributed by atoms with van der Waals surface area (Å²) in [5.41, 5.74) is 2.67. The van der Waals surface area contributed by atoms with Crippen LogP contribution in [0, 0.1) is 24.2 Å². The number of nitriles is 1. The SMILES string of the molecule is Cc1ccccc1C(C)NC1CCCCCC1C#N. The monoisotopic (exact) mass is 256 g/mol. The molecule has 0 radical (unpaired) electrons. The van der Waals surface area contributed by atoms with E-state index in [0.29, 0.717) is 12.1 Å². The van der Waals surface area contributed by atoms with Gasteiger partial charge in [0.1, 0.15) is 0 Å². The topological polar surface area (TPSA) is 35.8 Å². The first-order valence-electron chi connectivity index (χ1n) is 7.43. The van der Waals surface area contributed by atoms with Crippen LogP contribution in [0.5, 0.6) is 0 Å². The van der Waals surface area contributed by atoms with E-state index in [1.165, 1.54) is 30.4 Å². The Morgan fingerprint density at radius 2 is 1.95 bits per heavy atom. The molecule has 1 saturated carbocycles. The van der Waals surface area contributed by atoms with E-state index in [4.69, 9.17) is 0 Å². The standard InChI is InChI=1S/C17H24N2/c1-13-8-6-7-10-16(13)14(2)19-17-11-5-3-4-9-15(17)12-18/h6-8,10,14-15,17,19H,3-5,9,11H2,1-2H3. The van der Waals surface area contributed by atoms with Crippen molar-refractivity contribution in [1.82, 2.24) is 5.32 Å². The summed E-state index contributed by atoms with van der Waals surface area (Å²) < 4.78 is 0. The molecule has 0 spiro atoms. The van der Waals surface area contributed by atoms with Crippen LogP contribution in [-0.2, 0) is 0 Å². The van der Waals surface area contributed by atoms with Gasteiger partial charge in [-0.1, -0.05) is 43.5 Å². The molecule has 0 aromatic heterocycles. The van der Waals surface area contributed by atoms with Crippen molar-refractivity contribution in [2.75, 3.05) is 0 Å². The van der Waals surface area contributed by atoms with Crippen LogP contribution in [0.3, 0.4) is 0 Å². The molecule has 1 aliphatic carbocycles. The third-order valence-corrected chi connectivity index (χ3v) is 4.30. The smallest absolute Gasteiger partial charge is 0.0672 e. The lowest BCUT2D eigenvalue weighted by atomic mass is 9.94. The van der Waals surface area contributed by atoms with E-state index >= 15 is 0 Å². The molecule has 1 aliphatic rings. The van der Waals surface area contributed by atoms with Gasteiger partial charge in [-0.15, -0.1) is 0 Å². The van der Waals surface area contributed by atoms with Crippen LogP contribution >= 0.6 is 0 Å². The molecule has 0 saturated heterocycles. The number of rotatable bonds is 3. The summed E-state index contributed by atoms with van der Waals surface area (Å²) in [5.74, 6) is 0.175. The molecule has 3 unspecified atom stereocenters. The van der Waals surface area contributed by atoms with E-state index in [2.05, 4.69) is 49.5 Å². The zero-order chi connectivity index (χ0) is 13.7. The van der Waals surface area contributed by atoms with E-state index in [-0.39, 0.29) is 5.92 Å². The Morgan fingerprint density at radius 3 is 2.68 bits per heavy atom. The second-order valence-corrected chi connectivity index (χ2v) is 5.73. The van der Waals surface area contributed by atoms with Crippen LogP contribution in [-0.4, -0.2) is 6.04 Å². The van der Waals surface area contributed by atoms with Crippen molar-refractivity contribution in [3.8, 4) is 6.07 Å². The summed E-state index contributed by atoms with van der Waals surface area (Å²) in [6, 6.07) is 11.7. The normalized spacial score (nSPS) is 25.3. The van der Waals surface area contributed by atoms with Crippen molar-refractivity contribution in [3.63, 3.8) is 0 Å². The number of aryl methyl sites for hydroxylation is 1. The fourth-order valence-corrected chi connectivity index (χ4v) is 3.15. The first kappa shape index (κ1) is 14.1. The summed E-state index contributed by atoms with van der Waals surface area (Å²) in [5, 5.41) is 13.0. The average molecular weight is 256 g/mol. The van der Waals surface area contributed by atoms with E-state index in [9.17, 15) is 5.26 Å². The molecule has 2 heteroatoms. The van der Waals surface area contributed by atoms with Crippen molar-refractivity contribution < 1.29 is 0 Å². The highest BCUT2D eigenvalue weighted by atomic mass is 15.0. The van der Waals surface area contributed by atoms with Gasteiger partial charge in [0.25, 0.3) is 0 Å². The fourth-order valence-electron chi connectivity index (χ4n) is 3.15. The van der Waals surface area contributed by atoms with Crippen molar-refractivity contribution in [2.24, 2.45) is 5.92 Å². The minimum atomic E-state index is 0.175. The van der Waals surface area contributed by atoms with Gasteiger partial charge < -0.3 is 5.32 Å². The third kappa shape index (κ3) is 3.58. The van der Waals surface area contributed by atoms with Gasteiger partial charge in [0.15, 0.2) is 0 Å². The lowest BCUT2D eigenvalue weighted by Gasteiger charge is -2.26. The number of nitrogens with one attached hydrogen (secondary N) is 1. The maximum absolute atomic E-state index is 9.33. The number of hydrogen-bond acceptors (Lipinski definition) is 2. The van der Waals surface area contributed by atoms with Gasteiger partial charge >= 0.3 is 0 Å². The lowest BCUT2D eigenvalue weighted by molar-refractivity contribution is 0.361. The average Bonchev–Trinajstić information content (AvgIpc) is 2.64. The molecule has 2 rings (SSSR count).